The van der Waals surface area contributed by atoms with E-state index in [1.54, 1.807) is 6.20 Å². The number of pyridine rings is 1. The molecule has 0 atom stereocenters. The number of hydrogen-bond donors (Lipinski definition) is 0. The van der Waals surface area contributed by atoms with Gasteiger partial charge in [0.15, 0.2) is 5.65 Å². The Morgan fingerprint density at radius 3 is 2.21 bits per heavy atom. The molecule has 0 bridgehead atoms. The molecular weight excluding hydrogens is 298 g/mol. The van der Waals surface area contributed by atoms with Gasteiger partial charge in [-0.25, -0.2) is 14.5 Å². The van der Waals surface area contributed by atoms with Gasteiger partial charge in [-0.1, -0.05) is 33.8 Å². The summed E-state index contributed by atoms with van der Waals surface area (Å²) in [6, 6.07) is 9.91. The number of rotatable bonds is 2. The third kappa shape index (κ3) is 3.15. The summed E-state index contributed by atoms with van der Waals surface area (Å²) in [4.78, 5) is 8.54. The molecule has 0 aromatic carbocycles. The Balaban J connectivity index is 0.000000141. The summed E-state index contributed by atoms with van der Waals surface area (Å²) in [5.41, 5.74) is 4.37. The largest absolute Gasteiger partial charge is 0.304 e. The maximum Gasteiger partial charge on any atom is 0.153 e. The van der Waals surface area contributed by atoms with Crippen LogP contribution in [-0.2, 0) is 0 Å². The summed E-state index contributed by atoms with van der Waals surface area (Å²) >= 11 is 0. The molecule has 0 spiro atoms. The average molecular weight is 321 g/mol. The lowest BCUT2D eigenvalue weighted by Crippen LogP contribution is -1.97. The molecule has 0 aliphatic rings. The Morgan fingerprint density at radius 1 is 0.792 bits per heavy atom. The summed E-state index contributed by atoms with van der Waals surface area (Å²) in [7, 11) is 0. The van der Waals surface area contributed by atoms with Crippen molar-refractivity contribution in [3.05, 3.63) is 66.5 Å². The van der Waals surface area contributed by atoms with Crippen LogP contribution in [0.15, 0.2) is 55.1 Å². The van der Waals surface area contributed by atoms with E-state index >= 15 is 0 Å². The summed E-state index contributed by atoms with van der Waals surface area (Å²) in [5, 5.41) is 4.22. The molecule has 5 nitrogen and oxygen atoms in total. The standard InChI is InChI=1S/C10H12N2.C9H11N3/c1-8(2)9-7-11-10-5-3-4-6-12(9)10;1-7(2)8-6-10-9-4-3-5-11-12(8)9/h3-8H,1-2H3;3-7H,1-2H3. The van der Waals surface area contributed by atoms with Crippen molar-refractivity contribution in [1.82, 2.24) is 24.0 Å². The molecule has 4 aromatic rings. The van der Waals surface area contributed by atoms with Crippen LogP contribution >= 0.6 is 0 Å². The zero-order valence-electron chi connectivity index (χ0n) is 14.6. The van der Waals surface area contributed by atoms with Crippen LogP contribution < -0.4 is 0 Å². The van der Waals surface area contributed by atoms with Crippen LogP contribution in [0.5, 0.6) is 0 Å². The second-order valence-electron chi connectivity index (χ2n) is 6.40. The van der Waals surface area contributed by atoms with E-state index < -0.39 is 0 Å². The van der Waals surface area contributed by atoms with E-state index in [2.05, 4.69) is 53.4 Å². The third-order valence-corrected chi connectivity index (χ3v) is 3.93. The summed E-state index contributed by atoms with van der Waals surface area (Å²) in [6.07, 6.45) is 7.66. The molecule has 0 saturated heterocycles. The second kappa shape index (κ2) is 6.83. The van der Waals surface area contributed by atoms with Crippen LogP contribution in [0.1, 0.15) is 50.9 Å². The van der Waals surface area contributed by atoms with Gasteiger partial charge in [-0.05, 0) is 36.1 Å². The molecule has 0 radical (unpaired) electrons. The van der Waals surface area contributed by atoms with E-state index in [0.717, 1.165) is 17.0 Å². The van der Waals surface area contributed by atoms with E-state index in [-0.39, 0.29) is 0 Å². The molecule has 24 heavy (non-hydrogen) atoms. The molecule has 0 fully saturated rings. The lowest BCUT2D eigenvalue weighted by atomic mass is 10.1. The van der Waals surface area contributed by atoms with E-state index in [0.29, 0.717) is 11.8 Å². The lowest BCUT2D eigenvalue weighted by Gasteiger charge is -2.03. The predicted octanol–water partition coefficient (Wildman–Crippen LogP) is 4.31. The highest BCUT2D eigenvalue weighted by Gasteiger charge is 2.06. The summed E-state index contributed by atoms with van der Waals surface area (Å²) < 4.78 is 4.01. The van der Waals surface area contributed by atoms with Gasteiger partial charge < -0.3 is 4.40 Å². The molecule has 0 N–H and O–H groups in total. The number of nitrogens with zero attached hydrogens (tertiary/aromatic N) is 5. The van der Waals surface area contributed by atoms with Gasteiger partial charge in [-0.15, -0.1) is 0 Å². The van der Waals surface area contributed by atoms with E-state index in [9.17, 15) is 0 Å². The monoisotopic (exact) mass is 321 g/mol. The Morgan fingerprint density at radius 2 is 1.46 bits per heavy atom. The van der Waals surface area contributed by atoms with E-state index in [4.69, 9.17) is 0 Å². The average Bonchev–Trinajstić information content (AvgIpc) is 3.19. The first-order valence-corrected chi connectivity index (χ1v) is 8.28. The molecule has 0 aliphatic heterocycles. The topological polar surface area (TPSA) is 47.5 Å². The molecule has 124 valence electrons. The highest BCUT2D eigenvalue weighted by Crippen LogP contribution is 2.15. The predicted molar refractivity (Wildman–Crippen MR) is 96.4 cm³/mol. The number of aromatic nitrogens is 5. The molecule has 0 amide bonds. The van der Waals surface area contributed by atoms with Gasteiger partial charge in [0, 0.05) is 24.3 Å². The Bertz CT molecular complexity index is 855. The first kappa shape index (κ1) is 16.2. The Hall–Kier alpha value is -2.69. The number of imidazole rings is 2. The normalized spacial score (nSPS) is 11.2. The van der Waals surface area contributed by atoms with Gasteiger partial charge in [-0.2, -0.15) is 5.10 Å². The molecule has 0 aliphatic carbocycles. The van der Waals surface area contributed by atoms with Crippen molar-refractivity contribution in [2.45, 2.75) is 39.5 Å². The van der Waals surface area contributed by atoms with Crippen molar-refractivity contribution in [2.24, 2.45) is 0 Å². The molecular formula is C19H23N5. The fourth-order valence-corrected chi connectivity index (χ4v) is 2.62. The van der Waals surface area contributed by atoms with Gasteiger partial charge in [0.1, 0.15) is 5.65 Å². The fraction of sp³-hybridized carbons (Fsp3) is 0.316. The number of hydrogen-bond acceptors (Lipinski definition) is 3. The molecule has 4 heterocycles. The highest BCUT2D eigenvalue weighted by molar-refractivity contribution is 5.40. The van der Waals surface area contributed by atoms with Crippen molar-refractivity contribution < 1.29 is 0 Å². The van der Waals surface area contributed by atoms with Crippen LogP contribution in [0.4, 0.5) is 0 Å². The lowest BCUT2D eigenvalue weighted by molar-refractivity contribution is 0.759. The van der Waals surface area contributed by atoms with Crippen molar-refractivity contribution in [1.29, 1.82) is 0 Å². The maximum absolute atomic E-state index is 4.30. The van der Waals surface area contributed by atoms with Crippen LogP contribution in [0, 0.1) is 0 Å². The minimum absolute atomic E-state index is 0.468. The Labute approximate surface area is 142 Å². The minimum atomic E-state index is 0.468. The van der Waals surface area contributed by atoms with Crippen molar-refractivity contribution in [2.75, 3.05) is 0 Å². The molecule has 4 aromatic heterocycles. The van der Waals surface area contributed by atoms with Gasteiger partial charge in [0.05, 0.1) is 11.9 Å². The van der Waals surface area contributed by atoms with E-state index in [1.165, 1.54) is 5.69 Å². The quantitative estimate of drug-likeness (QED) is 0.553. The van der Waals surface area contributed by atoms with E-state index in [1.807, 2.05) is 47.2 Å². The first-order valence-electron chi connectivity index (χ1n) is 8.28. The van der Waals surface area contributed by atoms with Crippen LogP contribution in [-0.4, -0.2) is 24.0 Å². The second-order valence-corrected chi connectivity index (χ2v) is 6.40. The van der Waals surface area contributed by atoms with Crippen molar-refractivity contribution in [3.63, 3.8) is 0 Å². The summed E-state index contributed by atoms with van der Waals surface area (Å²) in [6.45, 7) is 8.63. The number of fused-ring (bicyclic) bond motifs is 2. The summed E-state index contributed by atoms with van der Waals surface area (Å²) in [5.74, 6) is 0.998. The van der Waals surface area contributed by atoms with Crippen LogP contribution in [0.3, 0.4) is 0 Å². The zero-order chi connectivity index (χ0) is 17.1. The van der Waals surface area contributed by atoms with Gasteiger partial charge in [0.25, 0.3) is 0 Å². The zero-order valence-corrected chi connectivity index (χ0v) is 14.6. The highest BCUT2D eigenvalue weighted by atomic mass is 15.2. The van der Waals surface area contributed by atoms with Gasteiger partial charge in [-0.3, -0.25) is 0 Å². The van der Waals surface area contributed by atoms with Gasteiger partial charge >= 0.3 is 0 Å². The van der Waals surface area contributed by atoms with Crippen molar-refractivity contribution >= 4 is 11.3 Å². The van der Waals surface area contributed by atoms with Crippen molar-refractivity contribution in [3.8, 4) is 0 Å². The fourth-order valence-electron chi connectivity index (χ4n) is 2.62. The van der Waals surface area contributed by atoms with Crippen LogP contribution in [0.2, 0.25) is 0 Å². The SMILES string of the molecule is CC(C)c1cnc2ccccn12.CC(C)c1cnc2cccnn12. The third-order valence-electron chi connectivity index (χ3n) is 3.93. The minimum Gasteiger partial charge on any atom is -0.304 e. The smallest absolute Gasteiger partial charge is 0.153 e. The van der Waals surface area contributed by atoms with Crippen LogP contribution in [0.25, 0.3) is 11.3 Å². The first-order chi connectivity index (χ1) is 11.6. The Kier molecular flexibility index (Phi) is 4.60. The molecule has 0 saturated carbocycles. The maximum atomic E-state index is 4.30. The molecule has 0 unspecified atom stereocenters. The molecule has 4 rings (SSSR count). The molecule has 5 heteroatoms. The van der Waals surface area contributed by atoms with Gasteiger partial charge in [0.2, 0.25) is 0 Å².